The zero-order chi connectivity index (χ0) is 14.6. The van der Waals surface area contributed by atoms with Crippen LogP contribution in [0.5, 0.6) is 0 Å². The molecule has 0 aliphatic carbocycles. The summed E-state index contributed by atoms with van der Waals surface area (Å²) in [6.07, 6.45) is 3.65. The third-order valence-electron chi connectivity index (χ3n) is 4.00. The molecule has 0 spiro atoms. The molecule has 7 heteroatoms. The molecule has 2 rings (SSSR count). The normalized spacial score (nSPS) is 30.1. The number of nitrogens with one attached hydrogen (secondary N) is 1. The summed E-state index contributed by atoms with van der Waals surface area (Å²) in [7, 11) is -3.02. The van der Waals surface area contributed by atoms with Crippen LogP contribution in [0.25, 0.3) is 0 Å². The van der Waals surface area contributed by atoms with E-state index in [1.807, 2.05) is 0 Å². The fraction of sp³-hybridized carbons (Fsp3) is 0.923. The van der Waals surface area contributed by atoms with Gasteiger partial charge in [-0.3, -0.25) is 4.90 Å². The van der Waals surface area contributed by atoms with Crippen molar-refractivity contribution in [1.82, 2.24) is 10.2 Å². The van der Waals surface area contributed by atoms with E-state index in [0.717, 1.165) is 19.6 Å². The fourth-order valence-corrected chi connectivity index (χ4v) is 4.94. The van der Waals surface area contributed by atoms with Crippen molar-refractivity contribution < 1.29 is 17.9 Å². The lowest BCUT2D eigenvalue weighted by Gasteiger charge is -2.27. The second-order valence-electron chi connectivity index (χ2n) is 6.07. The average molecular weight is 304 g/mol. The Hall–Kier alpha value is -0.820. The number of carbonyl (C=O) groups excluding carboxylic acids is 1. The molecule has 0 aromatic heterocycles. The molecule has 0 aromatic rings. The number of piperidine rings is 1. The summed E-state index contributed by atoms with van der Waals surface area (Å²) >= 11 is 0. The largest absolute Gasteiger partial charge is 0.448 e. The number of hydrogen-bond acceptors (Lipinski definition) is 5. The van der Waals surface area contributed by atoms with Gasteiger partial charge in [0.1, 0.15) is 6.61 Å². The van der Waals surface area contributed by atoms with Crippen LogP contribution in [-0.2, 0) is 14.6 Å². The van der Waals surface area contributed by atoms with Gasteiger partial charge in [0.05, 0.1) is 17.0 Å². The number of carbonyl (C=O) groups is 1. The van der Waals surface area contributed by atoms with E-state index < -0.39 is 21.5 Å². The summed E-state index contributed by atoms with van der Waals surface area (Å²) in [6.45, 7) is 5.00. The first-order valence-electron chi connectivity index (χ1n) is 7.26. The second kappa shape index (κ2) is 6.30. The van der Waals surface area contributed by atoms with Crippen molar-refractivity contribution in [3.05, 3.63) is 0 Å². The second-order valence-corrected chi connectivity index (χ2v) is 8.25. The van der Waals surface area contributed by atoms with Gasteiger partial charge >= 0.3 is 6.09 Å². The van der Waals surface area contributed by atoms with Crippen molar-refractivity contribution in [3.8, 4) is 0 Å². The van der Waals surface area contributed by atoms with E-state index in [9.17, 15) is 13.2 Å². The molecule has 20 heavy (non-hydrogen) atoms. The molecular weight excluding hydrogens is 280 g/mol. The predicted molar refractivity (Wildman–Crippen MR) is 76.5 cm³/mol. The van der Waals surface area contributed by atoms with E-state index in [4.69, 9.17) is 4.74 Å². The third-order valence-corrected chi connectivity index (χ3v) is 5.90. The minimum absolute atomic E-state index is 0.00122. The lowest BCUT2D eigenvalue weighted by Crippen LogP contribution is -2.47. The quantitative estimate of drug-likeness (QED) is 0.830. The molecule has 1 atom stereocenters. The van der Waals surface area contributed by atoms with Crippen molar-refractivity contribution in [2.45, 2.75) is 38.1 Å². The first-order valence-corrected chi connectivity index (χ1v) is 9.08. The van der Waals surface area contributed by atoms with Crippen molar-refractivity contribution in [3.63, 3.8) is 0 Å². The summed E-state index contributed by atoms with van der Waals surface area (Å²) in [4.78, 5) is 14.0. The zero-order valence-electron chi connectivity index (χ0n) is 12.1. The number of likely N-dealkylation sites (tertiary alicyclic amines) is 1. The van der Waals surface area contributed by atoms with E-state index >= 15 is 0 Å². The molecule has 2 fully saturated rings. The maximum atomic E-state index is 11.7. The maximum absolute atomic E-state index is 11.7. The summed E-state index contributed by atoms with van der Waals surface area (Å²) in [5.41, 5.74) is -0.680. The number of rotatable bonds is 4. The van der Waals surface area contributed by atoms with Gasteiger partial charge in [-0.25, -0.2) is 13.2 Å². The van der Waals surface area contributed by atoms with E-state index in [-0.39, 0.29) is 11.5 Å². The molecular formula is C13H24N2O4S. The predicted octanol–water partition coefficient (Wildman–Crippen LogP) is 0.776. The smallest absolute Gasteiger partial charge is 0.407 e. The first-order chi connectivity index (χ1) is 9.39. The number of sulfone groups is 1. The van der Waals surface area contributed by atoms with Crippen LogP contribution >= 0.6 is 0 Å². The van der Waals surface area contributed by atoms with E-state index in [1.54, 1.807) is 6.92 Å². The van der Waals surface area contributed by atoms with E-state index in [0.29, 0.717) is 13.0 Å². The Morgan fingerprint density at radius 1 is 1.30 bits per heavy atom. The number of nitrogens with zero attached hydrogens (tertiary/aromatic N) is 1. The number of amides is 1. The van der Waals surface area contributed by atoms with Crippen LogP contribution in [0, 0.1) is 0 Å². The maximum Gasteiger partial charge on any atom is 0.407 e. The molecule has 2 heterocycles. The van der Waals surface area contributed by atoms with Crippen LogP contribution < -0.4 is 5.32 Å². The van der Waals surface area contributed by atoms with Gasteiger partial charge in [0.2, 0.25) is 0 Å². The van der Waals surface area contributed by atoms with Gasteiger partial charge in [0.15, 0.2) is 9.84 Å². The van der Waals surface area contributed by atoms with Gasteiger partial charge in [0, 0.05) is 6.54 Å². The highest BCUT2D eigenvalue weighted by Gasteiger charge is 2.39. The molecule has 1 amide bonds. The van der Waals surface area contributed by atoms with Gasteiger partial charge in [-0.2, -0.15) is 0 Å². The Balaban J connectivity index is 1.67. The van der Waals surface area contributed by atoms with Crippen LogP contribution in [0.4, 0.5) is 4.79 Å². The van der Waals surface area contributed by atoms with Gasteiger partial charge in [0.25, 0.3) is 0 Å². The van der Waals surface area contributed by atoms with Crippen LogP contribution in [0.15, 0.2) is 0 Å². The monoisotopic (exact) mass is 304 g/mol. The van der Waals surface area contributed by atoms with Crippen LogP contribution in [0.3, 0.4) is 0 Å². The zero-order valence-corrected chi connectivity index (χ0v) is 12.9. The molecule has 0 unspecified atom stereocenters. The van der Waals surface area contributed by atoms with Crippen LogP contribution in [0.1, 0.15) is 32.6 Å². The lowest BCUT2D eigenvalue weighted by atomic mass is 10.0. The fourth-order valence-electron chi connectivity index (χ4n) is 2.84. The average Bonchev–Trinajstić information content (AvgIpc) is 2.64. The molecule has 116 valence electrons. The highest BCUT2D eigenvalue weighted by molar-refractivity contribution is 7.91. The summed E-state index contributed by atoms with van der Waals surface area (Å²) in [5, 5.41) is 2.69. The Morgan fingerprint density at radius 2 is 2.00 bits per heavy atom. The van der Waals surface area contributed by atoms with Crippen molar-refractivity contribution in [2.75, 3.05) is 37.7 Å². The highest BCUT2D eigenvalue weighted by atomic mass is 32.2. The molecule has 0 bridgehead atoms. The minimum atomic E-state index is -3.02. The molecule has 2 saturated heterocycles. The van der Waals surface area contributed by atoms with Gasteiger partial charge < -0.3 is 10.1 Å². The van der Waals surface area contributed by atoms with Gasteiger partial charge in [-0.1, -0.05) is 6.42 Å². The Bertz CT molecular complexity index is 445. The standard InChI is InChI=1S/C13H24N2O4S/c1-13(5-10-20(17,18)11-13)14-12(16)19-9-8-15-6-3-2-4-7-15/h2-11H2,1H3,(H,14,16)/t13-/m1/s1. The number of ether oxygens (including phenoxy) is 1. The van der Waals surface area contributed by atoms with Gasteiger partial charge in [-0.15, -0.1) is 0 Å². The summed E-state index contributed by atoms with van der Waals surface area (Å²) in [6, 6.07) is 0. The van der Waals surface area contributed by atoms with Crippen molar-refractivity contribution in [2.24, 2.45) is 0 Å². The van der Waals surface area contributed by atoms with E-state index in [2.05, 4.69) is 10.2 Å². The molecule has 0 saturated carbocycles. The Morgan fingerprint density at radius 3 is 2.60 bits per heavy atom. The molecule has 2 aliphatic rings. The van der Waals surface area contributed by atoms with Crippen LogP contribution in [-0.4, -0.2) is 62.7 Å². The van der Waals surface area contributed by atoms with Crippen molar-refractivity contribution in [1.29, 1.82) is 0 Å². The summed E-state index contributed by atoms with van der Waals surface area (Å²) < 4.78 is 28.1. The number of hydrogen-bond donors (Lipinski definition) is 1. The summed E-state index contributed by atoms with van der Waals surface area (Å²) in [5.74, 6) is 0.138. The molecule has 6 nitrogen and oxygen atoms in total. The number of alkyl carbamates (subject to hydrolysis) is 1. The molecule has 0 aromatic carbocycles. The molecule has 1 N–H and O–H groups in total. The van der Waals surface area contributed by atoms with E-state index in [1.165, 1.54) is 19.3 Å². The Labute approximate surface area is 120 Å². The third kappa shape index (κ3) is 4.63. The van der Waals surface area contributed by atoms with Crippen molar-refractivity contribution >= 4 is 15.9 Å². The lowest BCUT2D eigenvalue weighted by molar-refractivity contribution is 0.114. The molecule has 0 radical (unpaired) electrons. The minimum Gasteiger partial charge on any atom is -0.448 e. The topological polar surface area (TPSA) is 75.7 Å². The SMILES string of the molecule is C[C@@]1(NC(=O)OCCN2CCCCC2)CCS(=O)(=O)C1. The first kappa shape index (κ1) is 15.6. The van der Waals surface area contributed by atoms with Gasteiger partial charge in [-0.05, 0) is 39.3 Å². The molecule has 2 aliphatic heterocycles. The Kier molecular flexibility index (Phi) is 4.90. The highest BCUT2D eigenvalue weighted by Crippen LogP contribution is 2.22. The van der Waals surface area contributed by atoms with Crippen LogP contribution in [0.2, 0.25) is 0 Å².